The summed E-state index contributed by atoms with van der Waals surface area (Å²) in [5.41, 5.74) is 3.63. The molecule has 0 aliphatic carbocycles. The lowest BCUT2D eigenvalue weighted by Gasteiger charge is -2.30. The number of hydrogen-bond donors (Lipinski definition) is 1. The summed E-state index contributed by atoms with van der Waals surface area (Å²) in [4.78, 5) is 2.37. The molecule has 0 unspecified atom stereocenters. The molecule has 0 radical (unpaired) electrons. The average molecular weight is 299 g/mol. The lowest BCUT2D eigenvalue weighted by Crippen LogP contribution is -2.36. The predicted octanol–water partition coefficient (Wildman–Crippen LogP) is 2.56. The fourth-order valence-corrected chi connectivity index (χ4v) is 2.69. The van der Waals surface area contributed by atoms with Crippen molar-refractivity contribution in [2.24, 2.45) is 0 Å². The SMILES string of the molecule is OCCOc1ccc(-c2ccccc2N2CCOCC2)cc1. The van der Waals surface area contributed by atoms with Gasteiger partial charge in [0.25, 0.3) is 0 Å². The maximum Gasteiger partial charge on any atom is 0.119 e. The van der Waals surface area contributed by atoms with Crippen molar-refractivity contribution in [1.29, 1.82) is 0 Å². The zero-order valence-electron chi connectivity index (χ0n) is 12.6. The number of aliphatic hydroxyl groups is 1. The van der Waals surface area contributed by atoms with Gasteiger partial charge in [0.2, 0.25) is 0 Å². The van der Waals surface area contributed by atoms with Crippen molar-refractivity contribution in [2.75, 3.05) is 44.4 Å². The van der Waals surface area contributed by atoms with Crippen LogP contribution in [0.4, 0.5) is 5.69 Å². The topological polar surface area (TPSA) is 41.9 Å². The highest BCUT2D eigenvalue weighted by Crippen LogP contribution is 2.32. The first kappa shape index (κ1) is 14.9. The van der Waals surface area contributed by atoms with Crippen molar-refractivity contribution in [3.05, 3.63) is 48.5 Å². The van der Waals surface area contributed by atoms with Gasteiger partial charge in [-0.1, -0.05) is 30.3 Å². The molecule has 4 nitrogen and oxygen atoms in total. The molecule has 1 N–H and O–H groups in total. The van der Waals surface area contributed by atoms with Gasteiger partial charge < -0.3 is 19.5 Å². The molecule has 1 heterocycles. The number of rotatable bonds is 5. The van der Waals surface area contributed by atoms with Crippen LogP contribution in [-0.4, -0.2) is 44.6 Å². The molecule has 0 amide bonds. The summed E-state index contributed by atoms with van der Waals surface area (Å²) in [7, 11) is 0. The van der Waals surface area contributed by atoms with E-state index in [9.17, 15) is 0 Å². The van der Waals surface area contributed by atoms with Crippen LogP contribution in [0.2, 0.25) is 0 Å². The third-order valence-corrected chi connectivity index (χ3v) is 3.78. The van der Waals surface area contributed by atoms with Crippen LogP contribution in [0.25, 0.3) is 11.1 Å². The van der Waals surface area contributed by atoms with Crippen LogP contribution in [0.15, 0.2) is 48.5 Å². The number of morpholine rings is 1. The van der Waals surface area contributed by atoms with E-state index in [4.69, 9.17) is 14.6 Å². The molecular formula is C18H21NO3. The highest BCUT2D eigenvalue weighted by Gasteiger charge is 2.15. The molecule has 4 heteroatoms. The predicted molar refractivity (Wildman–Crippen MR) is 87.5 cm³/mol. The van der Waals surface area contributed by atoms with Crippen LogP contribution in [0.1, 0.15) is 0 Å². The normalized spacial score (nSPS) is 14.9. The number of aliphatic hydroxyl groups excluding tert-OH is 1. The molecule has 1 aliphatic rings. The largest absolute Gasteiger partial charge is 0.491 e. The van der Waals surface area contributed by atoms with E-state index >= 15 is 0 Å². The Balaban J connectivity index is 1.84. The van der Waals surface area contributed by atoms with E-state index in [-0.39, 0.29) is 6.61 Å². The van der Waals surface area contributed by atoms with E-state index in [1.54, 1.807) is 0 Å². The van der Waals surface area contributed by atoms with E-state index in [0.717, 1.165) is 32.1 Å². The van der Waals surface area contributed by atoms with Crippen LogP contribution in [-0.2, 0) is 4.74 Å². The maximum absolute atomic E-state index is 8.80. The second kappa shape index (κ2) is 7.29. The quantitative estimate of drug-likeness (QED) is 0.921. The molecule has 0 atom stereocenters. The van der Waals surface area contributed by atoms with E-state index in [2.05, 4.69) is 41.3 Å². The van der Waals surface area contributed by atoms with Crippen molar-refractivity contribution in [3.8, 4) is 16.9 Å². The summed E-state index contributed by atoms with van der Waals surface area (Å²) in [6.07, 6.45) is 0. The smallest absolute Gasteiger partial charge is 0.119 e. The van der Waals surface area contributed by atoms with Gasteiger partial charge in [0.05, 0.1) is 19.8 Å². The van der Waals surface area contributed by atoms with Crippen LogP contribution in [0.3, 0.4) is 0 Å². The molecule has 0 bridgehead atoms. The lowest BCUT2D eigenvalue weighted by molar-refractivity contribution is 0.123. The van der Waals surface area contributed by atoms with Gasteiger partial charge in [-0.05, 0) is 23.8 Å². The van der Waals surface area contributed by atoms with Gasteiger partial charge in [-0.15, -0.1) is 0 Å². The lowest BCUT2D eigenvalue weighted by atomic mass is 10.0. The molecule has 1 aliphatic heterocycles. The first-order chi connectivity index (χ1) is 10.9. The third kappa shape index (κ3) is 3.40. The van der Waals surface area contributed by atoms with Crippen LogP contribution >= 0.6 is 0 Å². The fourth-order valence-electron chi connectivity index (χ4n) is 2.69. The van der Waals surface area contributed by atoms with Crippen molar-refractivity contribution < 1.29 is 14.6 Å². The van der Waals surface area contributed by atoms with Crippen LogP contribution in [0.5, 0.6) is 5.75 Å². The maximum atomic E-state index is 8.80. The molecule has 3 rings (SSSR count). The van der Waals surface area contributed by atoms with E-state index < -0.39 is 0 Å². The number of ether oxygens (including phenoxy) is 2. The number of nitrogens with zero attached hydrogens (tertiary/aromatic N) is 1. The second-order valence-corrected chi connectivity index (χ2v) is 5.21. The molecular weight excluding hydrogens is 278 g/mol. The molecule has 0 saturated carbocycles. The van der Waals surface area contributed by atoms with E-state index in [0.29, 0.717) is 6.61 Å². The Bertz CT molecular complexity index is 592. The number of para-hydroxylation sites is 1. The van der Waals surface area contributed by atoms with Crippen molar-refractivity contribution in [2.45, 2.75) is 0 Å². The molecule has 2 aromatic carbocycles. The summed E-state index contributed by atoms with van der Waals surface area (Å²) < 4.78 is 10.9. The molecule has 116 valence electrons. The summed E-state index contributed by atoms with van der Waals surface area (Å²) in [5.74, 6) is 0.779. The van der Waals surface area contributed by atoms with Gasteiger partial charge in [-0.2, -0.15) is 0 Å². The molecule has 0 aromatic heterocycles. The van der Waals surface area contributed by atoms with E-state index in [1.807, 2.05) is 12.1 Å². The third-order valence-electron chi connectivity index (χ3n) is 3.78. The molecule has 1 saturated heterocycles. The summed E-state index contributed by atoms with van der Waals surface area (Å²) in [6.45, 7) is 3.76. The van der Waals surface area contributed by atoms with Crippen molar-refractivity contribution in [3.63, 3.8) is 0 Å². The first-order valence-corrected chi connectivity index (χ1v) is 7.64. The summed E-state index contributed by atoms with van der Waals surface area (Å²) in [6, 6.07) is 16.5. The van der Waals surface area contributed by atoms with E-state index in [1.165, 1.54) is 16.8 Å². The van der Waals surface area contributed by atoms with Crippen molar-refractivity contribution in [1.82, 2.24) is 0 Å². The minimum absolute atomic E-state index is 0.0294. The van der Waals surface area contributed by atoms with Crippen molar-refractivity contribution >= 4 is 5.69 Å². The second-order valence-electron chi connectivity index (χ2n) is 5.21. The minimum atomic E-state index is 0.0294. The average Bonchev–Trinajstić information content (AvgIpc) is 2.61. The number of benzene rings is 2. The Kier molecular flexibility index (Phi) is 4.93. The van der Waals surface area contributed by atoms with Crippen LogP contribution < -0.4 is 9.64 Å². The van der Waals surface area contributed by atoms with Gasteiger partial charge in [-0.3, -0.25) is 0 Å². The highest BCUT2D eigenvalue weighted by atomic mass is 16.5. The van der Waals surface area contributed by atoms with Crippen LogP contribution in [0, 0.1) is 0 Å². The van der Waals surface area contributed by atoms with Gasteiger partial charge in [0, 0.05) is 24.3 Å². The Morgan fingerprint density at radius 2 is 1.73 bits per heavy atom. The van der Waals surface area contributed by atoms with Gasteiger partial charge in [-0.25, -0.2) is 0 Å². The number of anilines is 1. The molecule has 2 aromatic rings. The van der Waals surface area contributed by atoms with Gasteiger partial charge in [0.1, 0.15) is 12.4 Å². The summed E-state index contributed by atoms with van der Waals surface area (Å²) in [5, 5.41) is 8.80. The Morgan fingerprint density at radius 3 is 2.45 bits per heavy atom. The fraction of sp³-hybridized carbons (Fsp3) is 0.333. The Hall–Kier alpha value is -2.04. The minimum Gasteiger partial charge on any atom is -0.491 e. The van der Waals surface area contributed by atoms with Gasteiger partial charge >= 0.3 is 0 Å². The Morgan fingerprint density at radius 1 is 1.00 bits per heavy atom. The molecule has 0 spiro atoms. The highest BCUT2D eigenvalue weighted by molar-refractivity contribution is 5.79. The zero-order chi connectivity index (χ0) is 15.2. The Labute approximate surface area is 130 Å². The molecule has 1 fully saturated rings. The van der Waals surface area contributed by atoms with Gasteiger partial charge in [0.15, 0.2) is 0 Å². The summed E-state index contributed by atoms with van der Waals surface area (Å²) >= 11 is 0. The monoisotopic (exact) mass is 299 g/mol. The molecule has 22 heavy (non-hydrogen) atoms. The first-order valence-electron chi connectivity index (χ1n) is 7.64. The standard InChI is InChI=1S/C18H21NO3/c20-11-14-22-16-7-5-15(6-8-16)17-3-1-2-4-18(17)19-9-12-21-13-10-19/h1-8,20H,9-14H2. The zero-order valence-corrected chi connectivity index (χ0v) is 12.6. The number of hydrogen-bond acceptors (Lipinski definition) is 4.